The number of hydrogen-bond acceptors (Lipinski definition) is 6. The van der Waals surface area contributed by atoms with Gasteiger partial charge in [0.15, 0.2) is 11.0 Å². The number of benzene rings is 2. The Morgan fingerprint density at radius 2 is 1.88 bits per heavy atom. The quantitative estimate of drug-likeness (QED) is 0.310. The number of carbonyl (C=O) groups excluding carboxylic acids is 2. The molecule has 0 spiro atoms. The molecule has 0 saturated heterocycles. The molecular formula is C23H23N5O4S. The van der Waals surface area contributed by atoms with Crippen molar-refractivity contribution in [1.82, 2.24) is 20.1 Å². The van der Waals surface area contributed by atoms with Gasteiger partial charge in [0.2, 0.25) is 5.91 Å². The molecule has 0 bridgehead atoms. The Bertz CT molecular complexity index is 1170. The van der Waals surface area contributed by atoms with Gasteiger partial charge in [0.1, 0.15) is 0 Å². The molecule has 0 saturated carbocycles. The van der Waals surface area contributed by atoms with Gasteiger partial charge in [0.05, 0.1) is 17.9 Å². The molecule has 3 aromatic rings. The molecule has 0 aliphatic rings. The number of allylic oxidation sites excluding steroid dienone is 1. The van der Waals surface area contributed by atoms with Crippen molar-refractivity contribution in [2.45, 2.75) is 25.2 Å². The minimum atomic E-state index is -1.07. The molecule has 170 valence electrons. The van der Waals surface area contributed by atoms with Crippen LogP contribution < -0.4 is 10.6 Å². The molecule has 0 atom stereocenters. The maximum absolute atomic E-state index is 12.4. The first-order valence-corrected chi connectivity index (χ1v) is 11.0. The standard InChI is InChI=1S/C23H23N5O4S/c1-3-11-28-19(13-24-21(30)16-9-7-15(2)8-10-16)26-27-23(28)33-14-20(29)25-18-6-4-5-17(12-18)22(31)32/h3-10,12H,1,11,13-14H2,2H3,(H,24,30)(H,25,29)(H,31,32). The topological polar surface area (TPSA) is 126 Å². The Morgan fingerprint density at radius 3 is 2.58 bits per heavy atom. The number of thioether (sulfide) groups is 1. The molecule has 3 rings (SSSR count). The molecule has 10 heteroatoms. The fourth-order valence-corrected chi connectivity index (χ4v) is 3.66. The lowest BCUT2D eigenvalue weighted by Gasteiger charge is -2.09. The van der Waals surface area contributed by atoms with Crippen LogP contribution in [0, 0.1) is 6.92 Å². The SMILES string of the molecule is C=CCn1c(CNC(=O)c2ccc(C)cc2)nnc1SCC(=O)Nc1cccc(C(=O)O)c1. The van der Waals surface area contributed by atoms with E-state index in [1.165, 1.54) is 23.9 Å². The van der Waals surface area contributed by atoms with Crippen LogP contribution in [0.25, 0.3) is 0 Å². The summed E-state index contributed by atoms with van der Waals surface area (Å²) in [6.45, 7) is 6.27. The minimum absolute atomic E-state index is 0.0439. The second-order valence-corrected chi connectivity index (χ2v) is 8.01. The van der Waals surface area contributed by atoms with Crippen molar-refractivity contribution >= 4 is 35.2 Å². The first-order valence-electron chi connectivity index (χ1n) is 10.0. The largest absolute Gasteiger partial charge is 0.478 e. The van der Waals surface area contributed by atoms with Crippen LogP contribution in [-0.2, 0) is 17.9 Å². The van der Waals surface area contributed by atoms with E-state index >= 15 is 0 Å². The predicted octanol–water partition coefficient (Wildman–Crippen LogP) is 3.13. The number of aryl methyl sites for hydroxylation is 1. The Labute approximate surface area is 194 Å². The molecule has 1 heterocycles. The zero-order chi connectivity index (χ0) is 23.8. The Morgan fingerprint density at radius 1 is 1.12 bits per heavy atom. The van der Waals surface area contributed by atoms with Gasteiger partial charge < -0.3 is 20.3 Å². The number of rotatable bonds is 10. The maximum atomic E-state index is 12.4. The van der Waals surface area contributed by atoms with Gasteiger partial charge >= 0.3 is 5.97 Å². The summed E-state index contributed by atoms with van der Waals surface area (Å²) >= 11 is 1.18. The molecule has 33 heavy (non-hydrogen) atoms. The third kappa shape index (κ3) is 6.53. The Balaban J connectivity index is 1.60. The highest BCUT2D eigenvalue weighted by atomic mass is 32.2. The van der Waals surface area contributed by atoms with Gasteiger partial charge in [-0.15, -0.1) is 16.8 Å². The fraction of sp³-hybridized carbons (Fsp3) is 0.174. The van der Waals surface area contributed by atoms with Gasteiger partial charge in [-0.25, -0.2) is 4.79 Å². The molecule has 2 amide bonds. The number of aromatic nitrogens is 3. The normalized spacial score (nSPS) is 10.5. The lowest BCUT2D eigenvalue weighted by molar-refractivity contribution is -0.113. The highest BCUT2D eigenvalue weighted by Crippen LogP contribution is 2.18. The van der Waals surface area contributed by atoms with Crippen LogP contribution in [0.15, 0.2) is 66.3 Å². The molecule has 2 aromatic carbocycles. The number of carbonyl (C=O) groups is 3. The van der Waals surface area contributed by atoms with Crippen molar-refractivity contribution in [2.24, 2.45) is 0 Å². The lowest BCUT2D eigenvalue weighted by Crippen LogP contribution is -2.24. The Kier molecular flexibility index (Phi) is 7.98. The number of nitrogens with zero attached hydrogens (tertiary/aromatic N) is 3. The van der Waals surface area contributed by atoms with E-state index in [4.69, 9.17) is 5.11 Å². The van der Waals surface area contributed by atoms with Gasteiger partial charge in [-0.05, 0) is 37.3 Å². The van der Waals surface area contributed by atoms with E-state index in [1.54, 1.807) is 34.9 Å². The van der Waals surface area contributed by atoms with Gasteiger partial charge in [0, 0.05) is 17.8 Å². The molecular weight excluding hydrogens is 442 g/mol. The fourth-order valence-electron chi connectivity index (χ4n) is 2.89. The average molecular weight is 466 g/mol. The number of amides is 2. The van der Waals surface area contributed by atoms with Crippen LogP contribution in [0.3, 0.4) is 0 Å². The molecule has 0 aliphatic heterocycles. The summed E-state index contributed by atoms with van der Waals surface area (Å²) < 4.78 is 1.77. The highest BCUT2D eigenvalue weighted by Gasteiger charge is 2.15. The van der Waals surface area contributed by atoms with Gasteiger partial charge in [-0.3, -0.25) is 9.59 Å². The number of nitrogens with one attached hydrogen (secondary N) is 2. The molecule has 9 nitrogen and oxygen atoms in total. The predicted molar refractivity (Wildman–Crippen MR) is 125 cm³/mol. The molecule has 0 unspecified atom stereocenters. The second kappa shape index (κ2) is 11.1. The van der Waals surface area contributed by atoms with Crippen LogP contribution in [0.1, 0.15) is 32.1 Å². The first kappa shape index (κ1) is 23.7. The summed E-state index contributed by atoms with van der Waals surface area (Å²) in [5, 5.41) is 23.3. The van der Waals surface area contributed by atoms with E-state index < -0.39 is 5.97 Å². The van der Waals surface area contributed by atoms with E-state index in [0.717, 1.165) is 5.56 Å². The molecule has 0 fully saturated rings. The highest BCUT2D eigenvalue weighted by molar-refractivity contribution is 7.99. The average Bonchev–Trinajstić information content (AvgIpc) is 3.18. The summed E-state index contributed by atoms with van der Waals surface area (Å²) in [4.78, 5) is 35.8. The maximum Gasteiger partial charge on any atom is 0.335 e. The molecule has 1 aromatic heterocycles. The third-order valence-corrected chi connectivity index (χ3v) is 5.52. The van der Waals surface area contributed by atoms with Gasteiger partial charge in [0.25, 0.3) is 5.91 Å². The summed E-state index contributed by atoms with van der Waals surface area (Å²) in [7, 11) is 0. The number of hydrogen-bond donors (Lipinski definition) is 3. The van der Waals surface area contributed by atoms with Crippen LogP contribution in [-0.4, -0.2) is 43.4 Å². The minimum Gasteiger partial charge on any atom is -0.478 e. The summed E-state index contributed by atoms with van der Waals surface area (Å²) in [5.41, 5.74) is 2.10. The van der Waals surface area contributed by atoms with Crippen LogP contribution in [0.5, 0.6) is 0 Å². The molecule has 0 aliphatic carbocycles. The van der Waals surface area contributed by atoms with E-state index in [2.05, 4.69) is 27.4 Å². The number of aromatic carboxylic acids is 1. The van der Waals surface area contributed by atoms with Gasteiger partial charge in [-0.2, -0.15) is 0 Å². The second-order valence-electron chi connectivity index (χ2n) is 7.07. The third-order valence-electron chi connectivity index (χ3n) is 4.55. The zero-order valence-corrected chi connectivity index (χ0v) is 18.8. The summed E-state index contributed by atoms with van der Waals surface area (Å²) in [5.74, 6) is -1.03. The van der Waals surface area contributed by atoms with Crippen molar-refractivity contribution in [3.63, 3.8) is 0 Å². The lowest BCUT2D eigenvalue weighted by atomic mass is 10.1. The van der Waals surface area contributed by atoms with E-state index in [1.807, 2.05) is 19.1 Å². The van der Waals surface area contributed by atoms with E-state index in [0.29, 0.717) is 28.8 Å². The summed E-state index contributed by atoms with van der Waals surface area (Å²) in [6, 6.07) is 13.3. The van der Waals surface area contributed by atoms with Crippen LogP contribution >= 0.6 is 11.8 Å². The Hall–Kier alpha value is -3.92. The van der Waals surface area contributed by atoms with Crippen LogP contribution in [0.2, 0.25) is 0 Å². The van der Waals surface area contributed by atoms with Crippen molar-refractivity contribution in [3.8, 4) is 0 Å². The van der Waals surface area contributed by atoms with E-state index in [9.17, 15) is 14.4 Å². The smallest absolute Gasteiger partial charge is 0.335 e. The first-order chi connectivity index (χ1) is 15.9. The van der Waals surface area contributed by atoms with Crippen molar-refractivity contribution in [3.05, 3.63) is 83.7 Å². The van der Waals surface area contributed by atoms with Crippen molar-refractivity contribution in [1.29, 1.82) is 0 Å². The number of carboxylic acid groups (broad SMARTS) is 1. The van der Waals surface area contributed by atoms with Crippen molar-refractivity contribution in [2.75, 3.05) is 11.1 Å². The zero-order valence-electron chi connectivity index (χ0n) is 17.9. The van der Waals surface area contributed by atoms with Crippen LogP contribution in [0.4, 0.5) is 5.69 Å². The number of carboxylic acids is 1. The van der Waals surface area contributed by atoms with Crippen molar-refractivity contribution < 1.29 is 19.5 Å². The molecule has 0 radical (unpaired) electrons. The monoisotopic (exact) mass is 465 g/mol. The summed E-state index contributed by atoms with van der Waals surface area (Å²) in [6.07, 6.45) is 1.68. The molecule has 3 N–H and O–H groups in total. The number of anilines is 1. The van der Waals surface area contributed by atoms with E-state index in [-0.39, 0.29) is 29.7 Å². The van der Waals surface area contributed by atoms with Gasteiger partial charge in [-0.1, -0.05) is 41.6 Å².